The Kier molecular flexibility index (Phi) is 2.91. The summed E-state index contributed by atoms with van der Waals surface area (Å²) in [5, 5.41) is 0.590. The standard InChI is InChI=1S/C9H10ClNO/c1-9(3-4-9)5-8(10)6-11-7-12-2/h5-6H,7H2,1-2H3/b8-5+,11-6-. The first-order chi connectivity index (χ1) is 5.66. The molecule has 0 N–H and O–H groups in total. The molecule has 0 saturated carbocycles. The van der Waals surface area contributed by atoms with Gasteiger partial charge >= 0.3 is 0 Å². The molecule has 2 nitrogen and oxygen atoms in total. The molecule has 0 spiro atoms. The van der Waals surface area contributed by atoms with E-state index >= 15 is 0 Å². The molecule has 3 heteroatoms. The highest BCUT2D eigenvalue weighted by Gasteiger charge is 2.24. The Balaban J connectivity index is 2.37. The summed E-state index contributed by atoms with van der Waals surface area (Å²) in [5.41, 5.74) is -0.157. The van der Waals surface area contributed by atoms with Crippen molar-refractivity contribution in [3.05, 3.63) is 11.1 Å². The molecule has 0 saturated heterocycles. The van der Waals surface area contributed by atoms with Crippen molar-refractivity contribution in [3.63, 3.8) is 0 Å². The van der Waals surface area contributed by atoms with Crippen molar-refractivity contribution in [3.8, 4) is 11.8 Å². The van der Waals surface area contributed by atoms with Gasteiger partial charge in [-0.3, -0.25) is 4.99 Å². The smallest absolute Gasteiger partial charge is 0.137 e. The molecule has 12 heavy (non-hydrogen) atoms. The van der Waals surface area contributed by atoms with Crippen LogP contribution < -0.4 is 0 Å². The number of aliphatic imine (C=N–C) groups is 1. The van der Waals surface area contributed by atoms with Crippen LogP contribution in [0.2, 0.25) is 0 Å². The summed E-state index contributed by atoms with van der Waals surface area (Å²) in [6.07, 6.45) is 3.41. The molecule has 0 aromatic rings. The summed E-state index contributed by atoms with van der Waals surface area (Å²) in [5.74, 6) is 5.86. The molecule has 1 aliphatic rings. The Labute approximate surface area is 77.3 Å². The summed E-state index contributed by atoms with van der Waals surface area (Å²) in [6.45, 7) is 2.31. The third kappa shape index (κ3) is 3.08. The van der Waals surface area contributed by atoms with Crippen LogP contribution in [0.3, 0.4) is 0 Å². The Morgan fingerprint density at radius 2 is 2.33 bits per heavy atom. The van der Waals surface area contributed by atoms with Crippen LogP contribution in [-0.4, -0.2) is 20.1 Å². The molecular formula is C9H10ClNO. The van der Waals surface area contributed by atoms with Crippen molar-refractivity contribution >= 4 is 17.8 Å². The minimum Gasteiger partial charge on any atom is -0.363 e. The van der Waals surface area contributed by atoms with Crippen LogP contribution in [0.25, 0.3) is 0 Å². The third-order valence-electron chi connectivity index (χ3n) is 1.36. The lowest BCUT2D eigenvalue weighted by atomic mass is 10.1. The van der Waals surface area contributed by atoms with E-state index in [-0.39, 0.29) is 5.41 Å². The molecule has 0 atom stereocenters. The van der Waals surface area contributed by atoms with Gasteiger partial charge in [-0.25, -0.2) is 0 Å². The molecule has 1 aliphatic carbocycles. The predicted molar refractivity (Wildman–Crippen MR) is 50.2 cm³/mol. The number of hydrogen-bond acceptors (Lipinski definition) is 2. The lowest BCUT2D eigenvalue weighted by Crippen LogP contribution is -1.93. The predicted octanol–water partition coefficient (Wildman–Crippen LogP) is 1.81. The van der Waals surface area contributed by atoms with Gasteiger partial charge in [-0.05, 0) is 13.0 Å². The number of halogens is 1. The Hall–Kier alpha value is -0.780. The van der Waals surface area contributed by atoms with Gasteiger partial charge in [0.05, 0.1) is 5.03 Å². The van der Waals surface area contributed by atoms with E-state index in [1.54, 1.807) is 13.3 Å². The van der Waals surface area contributed by atoms with E-state index in [0.717, 1.165) is 0 Å². The molecule has 64 valence electrons. The molecule has 0 fully saturated rings. The highest BCUT2D eigenvalue weighted by atomic mass is 35.5. The fourth-order valence-corrected chi connectivity index (χ4v) is 0.970. The van der Waals surface area contributed by atoms with Crippen LogP contribution in [0, 0.1) is 17.3 Å². The van der Waals surface area contributed by atoms with E-state index in [0.29, 0.717) is 11.8 Å². The number of allylic oxidation sites excluding steroid dienone is 2. The van der Waals surface area contributed by atoms with Gasteiger partial charge in [0.1, 0.15) is 12.1 Å². The number of hydrogen-bond donors (Lipinski definition) is 0. The van der Waals surface area contributed by atoms with Crippen LogP contribution in [0.4, 0.5) is 0 Å². The van der Waals surface area contributed by atoms with Gasteiger partial charge < -0.3 is 4.74 Å². The maximum atomic E-state index is 5.82. The minimum absolute atomic E-state index is 0.157. The molecule has 0 unspecified atom stereocenters. The van der Waals surface area contributed by atoms with E-state index < -0.39 is 0 Å². The number of ether oxygens (including phenoxy) is 1. The van der Waals surface area contributed by atoms with Gasteiger partial charge in [0.2, 0.25) is 0 Å². The third-order valence-corrected chi connectivity index (χ3v) is 1.57. The summed E-state index contributed by atoms with van der Waals surface area (Å²) in [6, 6.07) is 0. The van der Waals surface area contributed by atoms with E-state index in [1.165, 1.54) is 0 Å². The zero-order valence-electron chi connectivity index (χ0n) is 7.10. The van der Waals surface area contributed by atoms with Crippen molar-refractivity contribution < 1.29 is 4.74 Å². The molecule has 0 aliphatic heterocycles. The first-order valence-corrected chi connectivity index (χ1v) is 3.95. The maximum absolute atomic E-state index is 5.82. The van der Waals surface area contributed by atoms with E-state index in [4.69, 9.17) is 16.3 Å². The first-order valence-electron chi connectivity index (χ1n) is 3.58. The molecule has 0 aromatic heterocycles. The molecule has 1 rings (SSSR count). The summed E-state index contributed by atoms with van der Waals surface area (Å²) >= 11 is 5.82. The fourth-order valence-electron chi connectivity index (χ4n) is 0.683. The number of rotatable bonds is 4. The number of methoxy groups -OCH3 is 1. The Morgan fingerprint density at radius 1 is 1.67 bits per heavy atom. The minimum atomic E-state index is -0.157. The number of nitrogens with zero attached hydrogens (tertiary/aromatic N) is 1. The van der Waals surface area contributed by atoms with Gasteiger partial charge in [0.25, 0.3) is 0 Å². The molecule has 0 bridgehead atoms. The van der Waals surface area contributed by atoms with Crippen molar-refractivity contribution in [2.75, 3.05) is 13.8 Å². The van der Waals surface area contributed by atoms with Crippen molar-refractivity contribution in [2.45, 2.75) is 6.92 Å². The van der Waals surface area contributed by atoms with Gasteiger partial charge in [-0.1, -0.05) is 23.4 Å². The molecule has 0 radical (unpaired) electrons. The molecular weight excluding hydrogens is 174 g/mol. The van der Waals surface area contributed by atoms with Crippen molar-refractivity contribution in [1.82, 2.24) is 0 Å². The highest BCUT2D eigenvalue weighted by Crippen LogP contribution is 2.27. The summed E-state index contributed by atoms with van der Waals surface area (Å²) < 4.78 is 4.72. The zero-order valence-corrected chi connectivity index (χ0v) is 7.85. The zero-order chi connectivity index (χ0) is 9.03. The fraction of sp³-hybridized carbons (Fsp3) is 0.444. The van der Waals surface area contributed by atoms with Crippen LogP contribution in [0.1, 0.15) is 6.92 Å². The van der Waals surface area contributed by atoms with Crippen molar-refractivity contribution in [2.24, 2.45) is 10.4 Å². The summed E-state index contributed by atoms with van der Waals surface area (Å²) in [4.78, 5) is 3.90. The average molecular weight is 184 g/mol. The highest BCUT2D eigenvalue weighted by molar-refractivity contribution is 6.39. The summed E-state index contributed by atoms with van der Waals surface area (Å²) in [7, 11) is 1.58. The quantitative estimate of drug-likeness (QED) is 0.481. The topological polar surface area (TPSA) is 21.6 Å². The monoisotopic (exact) mass is 183 g/mol. The molecule has 0 amide bonds. The van der Waals surface area contributed by atoms with Gasteiger partial charge in [0, 0.05) is 13.3 Å². The van der Waals surface area contributed by atoms with E-state index in [1.807, 2.05) is 13.0 Å². The van der Waals surface area contributed by atoms with E-state index in [2.05, 4.69) is 16.8 Å². The second kappa shape index (κ2) is 3.75. The second-order valence-corrected chi connectivity index (χ2v) is 3.15. The SMILES string of the molecule is COC/N=C\C(Cl)=C/C1(C)C#C1. The van der Waals surface area contributed by atoms with Gasteiger partial charge in [-0.15, -0.1) is 0 Å². The molecule has 0 heterocycles. The molecule has 0 aromatic carbocycles. The average Bonchev–Trinajstić information content (AvgIpc) is 2.68. The lowest BCUT2D eigenvalue weighted by molar-refractivity contribution is 0.209. The van der Waals surface area contributed by atoms with Crippen LogP contribution in [-0.2, 0) is 4.74 Å². The van der Waals surface area contributed by atoms with Crippen LogP contribution in [0.15, 0.2) is 16.1 Å². The first kappa shape index (κ1) is 9.31. The van der Waals surface area contributed by atoms with E-state index in [9.17, 15) is 0 Å². The normalized spacial score (nSPS) is 19.1. The van der Waals surface area contributed by atoms with Crippen LogP contribution in [0.5, 0.6) is 0 Å². The van der Waals surface area contributed by atoms with Crippen molar-refractivity contribution in [1.29, 1.82) is 0 Å². The maximum Gasteiger partial charge on any atom is 0.137 e. The second-order valence-electron chi connectivity index (χ2n) is 2.71. The lowest BCUT2D eigenvalue weighted by Gasteiger charge is -1.97. The Bertz CT molecular complexity index is 275. The van der Waals surface area contributed by atoms with Gasteiger partial charge in [0.15, 0.2) is 0 Å². The Morgan fingerprint density at radius 3 is 2.83 bits per heavy atom. The largest absolute Gasteiger partial charge is 0.363 e. The van der Waals surface area contributed by atoms with Crippen LogP contribution >= 0.6 is 11.6 Å². The van der Waals surface area contributed by atoms with Gasteiger partial charge in [-0.2, -0.15) is 0 Å².